The molecule has 0 radical (unpaired) electrons. The number of hydrogen-bond acceptors (Lipinski definition) is 6. The molecule has 0 aliphatic carbocycles. The van der Waals surface area contributed by atoms with E-state index in [9.17, 15) is 9.59 Å². The first-order chi connectivity index (χ1) is 11.5. The maximum Gasteiger partial charge on any atom is 0.287 e. The molecule has 2 heterocycles. The van der Waals surface area contributed by atoms with Crippen molar-refractivity contribution in [3.8, 4) is 0 Å². The Kier molecular flexibility index (Phi) is 4.52. The summed E-state index contributed by atoms with van der Waals surface area (Å²) in [6, 6.07) is 6.26. The number of furan rings is 1. The molecule has 124 valence electrons. The summed E-state index contributed by atoms with van der Waals surface area (Å²) in [4.78, 5) is 27.9. The van der Waals surface area contributed by atoms with Crippen LogP contribution < -0.4 is 10.8 Å². The van der Waals surface area contributed by atoms with Crippen molar-refractivity contribution in [1.82, 2.24) is 15.8 Å². The van der Waals surface area contributed by atoms with Crippen LogP contribution in [0.4, 0.5) is 0 Å². The Morgan fingerprint density at radius 2 is 2.12 bits per heavy atom. The number of nitrogens with zero attached hydrogens (tertiary/aromatic N) is 1. The van der Waals surface area contributed by atoms with Crippen LogP contribution in [0, 0.1) is 0 Å². The van der Waals surface area contributed by atoms with Gasteiger partial charge in [-0.15, -0.1) is 11.3 Å². The Hall–Kier alpha value is -2.42. The van der Waals surface area contributed by atoms with Gasteiger partial charge in [0.2, 0.25) is 0 Å². The van der Waals surface area contributed by atoms with E-state index in [2.05, 4.69) is 10.3 Å². The van der Waals surface area contributed by atoms with Crippen LogP contribution in [0.1, 0.15) is 38.2 Å². The molecule has 3 rings (SSSR count). The molecule has 3 N–H and O–H groups in total. The van der Waals surface area contributed by atoms with E-state index in [0.717, 1.165) is 16.7 Å². The molecule has 1 atom stereocenters. The minimum Gasteiger partial charge on any atom is -0.451 e. The topological polar surface area (TPSA) is 104 Å². The third kappa shape index (κ3) is 3.25. The summed E-state index contributed by atoms with van der Waals surface area (Å²) in [7, 11) is 0. The summed E-state index contributed by atoms with van der Waals surface area (Å²) >= 11 is 6.98. The molecule has 0 bridgehead atoms. The average Bonchev–Trinajstić information content (AvgIpc) is 3.20. The number of benzene rings is 1. The van der Waals surface area contributed by atoms with Crippen LogP contribution in [-0.2, 0) is 0 Å². The minimum absolute atomic E-state index is 0.156. The average molecular weight is 366 g/mol. The van der Waals surface area contributed by atoms with E-state index in [1.165, 1.54) is 11.7 Å². The van der Waals surface area contributed by atoms with Gasteiger partial charge in [-0.3, -0.25) is 14.8 Å². The van der Waals surface area contributed by atoms with E-state index < -0.39 is 17.9 Å². The van der Waals surface area contributed by atoms with Gasteiger partial charge in [0.1, 0.15) is 15.5 Å². The first-order valence-corrected chi connectivity index (χ1v) is 8.07. The van der Waals surface area contributed by atoms with Gasteiger partial charge in [-0.1, -0.05) is 11.6 Å². The first-order valence-electron chi connectivity index (χ1n) is 6.88. The number of aromatic nitrogens is 1. The molecule has 0 aliphatic rings. The van der Waals surface area contributed by atoms with Gasteiger partial charge in [-0.25, -0.2) is 10.5 Å². The molecule has 0 aliphatic heterocycles. The second kappa shape index (κ2) is 6.60. The van der Waals surface area contributed by atoms with Gasteiger partial charge in [-0.2, -0.15) is 0 Å². The highest BCUT2D eigenvalue weighted by Crippen LogP contribution is 2.24. The fourth-order valence-corrected chi connectivity index (χ4v) is 3.09. The largest absolute Gasteiger partial charge is 0.451 e. The summed E-state index contributed by atoms with van der Waals surface area (Å²) in [6.07, 6.45) is 1.33. The van der Waals surface area contributed by atoms with Crippen LogP contribution in [0.5, 0.6) is 0 Å². The third-order valence-electron chi connectivity index (χ3n) is 3.27. The second-order valence-corrected chi connectivity index (χ2v) is 6.49. The lowest BCUT2D eigenvalue weighted by Gasteiger charge is -2.09. The van der Waals surface area contributed by atoms with Crippen molar-refractivity contribution in [2.24, 2.45) is 0 Å². The fourth-order valence-electron chi connectivity index (χ4n) is 2.10. The third-order valence-corrected chi connectivity index (χ3v) is 4.68. The highest BCUT2D eigenvalue weighted by Gasteiger charge is 2.19. The van der Waals surface area contributed by atoms with Gasteiger partial charge >= 0.3 is 0 Å². The zero-order valence-electron chi connectivity index (χ0n) is 12.4. The Labute approximate surface area is 145 Å². The number of carbonyl (C=O) groups is 2. The number of carbonyl (C=O) groups excluding carboxylic acids is 2. The van der Waals surface area contributed by atoms with Crippen LogP contribution in [0.3, 0.4) is 0 Å². The molecule has 9 heteroatoms. The lowest BCUT2D eigenvalue weighted by Crippen LogP contribution is -2.26. The fraction of sp³-hybridized carbons (Fsp3) is 0.133. The van der Waals surface area contributed by atoms with Gasteiger partial charge < -0.3 is 9.73 Å². The Morgan fingerprint density at radius 1 is 1.33 bits per heavy atom. The summed E-state index contributed by atoms with van der Waals surface area (Å²) in [5.74, 6) is -0.895. The number of rotatable bonds is 4. The quantitative estimate of drug-likeness (QED) is 0.486. The van der Waals surface area contributed by atoms with E-state index in [4.69, 9.17) is 21.2 Å². The lowest BCUT2D eigenvalue weighted by molar-refractivity contribution is 0.0710. The van der Waals surface area contributed by atoms with E-state index >= 15 is 0 Å². The van der Waals surface area contributed by atoms with Crippen molar-refractivity contribution in [1.29, 1.82) is 0 Å². The molecule has 2 amide bonds. The molecule has 1 unspecified atom stereocenters. The number of fused-ring (bicyclic) bond motifs is 1. The standard InChI is InChI=1S/C15H12ClN3O4S/c1-7(15-17-6-12(24-15)14(21)19-22)18-13(20)11-5-8-4-9(16)2-3-10(8)23-11/h2-7,22H,1H3,(H,18,20)(H,19,21). The molecule has 0 saturated carbocycles. The number of amides is 2. The summed E-state index contributed by atoms with van der Waals surface area (Å²) in [5, 5.41) is 13.2. The molecule has 0 fully saturated rings. The molecule has 0 saturated heterocycles. The number of hydroxylamine groups is 1. The van der Waals surface area contributed by atoms with Crippen molar-refractivity contribution >= 4 is 45.7 Å². The zero-order chi connectivity index (χ0) is 17.3. The van der Waals surface area contributed by atoms with E-state index in [1.807, 2.05) is 0 Å². The molecule has 7 nitrogen and oxygen atoms in total. The molecular formula is C15H12ClN3O4S. The van der Waals surface area contributed by atoms with Crippen molar-refractivity contribution in [2.75, 3.05) is 0 Å². The van der Waals surface area contributed by atoms with Crippen molar-refractivity contribution < 1.29 is 19.2 Å². The minimum atomic E-state index is -0.647. The molecule has 1 aromatic carbocycles. The van der Waals surface area contributed by atoms with Crippen LogP contribution in [0.25, 0.3) is 11.0 Å². The van der Waals surface area contributed by atoms with Gasteiger partial charge in [0, 0.05) is 10.4 Å². The number of halogens is 1. The Morgan fingerprint density at radius 3 is 2.88 bits per heavy atom. The number of nitrogens with one attached hydrogen (secondary N) is 2. The van der Waals surface area contributed by atoms with Gasteiger partial charge in [-0.05, 0) is 31.2 Å². The molecule has 3 aromatic rings. The van der Waals surface area contributed by atoms with Crippen LogP contribution in [0.2, 0.25) is 5.02 Å². The summed E-state index contributed by atoms with van der Waals surface area (Å²) in [6.45, 7) is 1.73. The van der Waals surface area contributed by atoms with Gasteiger partial charge in [0.05, 0.1) is 12.2 Å². The van der Waals surface area contributed by atoms with Crippen molar-refractivity contribution in [2.45, 2.75) is 13.0 Å². The highest BCUT2D eigenvalue weighted by molar-refractivity contribution is 7.13. The van der Waals surface area contributed by atoms with Gasteiger partial charge in [0.15, 0.2) is 5.76 Å². The second-order valence-electron chi connectivity index (χ2n) is 4.99. The molecule has 24 heavy (non-hydrogen) atoms. The maximum atomic E-state index is 12.3. The summed E-state index contributed by atoms with van der Waals surface area (Å²) in [5.41, 5.74) is 2.10. The maximum absolute atomic E-state index is 12.3. The molecule has 2 aromatic heterocycles. The normalized spacial score (nSPS) is 12.1. The molecular weight excluding hydrogens is 354 g/mol. The van der Waals surface area contributed by atoms with Crippen LogP contribution in [0.15, 0.2) is 34.9 Å². The Bertz CT molecular complexity index is 920. The van der Waals surface area contributed by atoms with Gasteiger partial charge in [0.25, 0.3) is 11.8 Å². The van der Waals surface area contributed by atoms with Crippen LogP contribution in [-0.4, -0.2) is 22.0 Å². The summed E-state index contributed by atoms with van der Waals surface area (Å²) < 4.78 is 5.50. The molecule has 0 spiro atoms. The first kappa shape index (κ1) is 16.4. The monoisotopic (exact) mass is 365 g/mol. The lowest BCUT2D eigenvalue weighted by atomic mass is 10.2. The SMILES string of the molecule is CC(NC(=O)c1cc2cc(Cl)ccc2o1)c1ncc(C(=O)NO)s1. The number of thiazole rings is 1. The van der Waals surface area contributed by atoms with E-state index in [0.29, 0.717) is 15.6 Å². The van der Waals surface area contributed by atoms with Crippen LogP contribution >= 0.6 is 22.9 Å². The zero-order valence-corrected chi connectivity index (χ0v) is 13.9. The number of hydrogen-bond donors (Lipinski definition) is 3. The van der Waals surface area contributed by atoms with E-state index in [-0.39, 0.29) is 10.6 Å². The predicted octanol–water partition coefficient (Wildman–Crippen LogP) is 3.15. The highest BCUT2D eigenvalue weighted by atomic mass is 35.5. The van der Waals surface area contributed by atoms with Crippen molar-refractivity contribution in [3.63, 3.8) is 0 Å². The predicted molar refractivity (Wildman–Crippen MR) is 88.5 cm³/mol. The van der Waals surface area contributed by atoms with Crippen molar-refractivity contribution in [3.05, 3.63) is 51.1 Å². The van der Waals surface area contributed by atoms with E-state index in [1.54, 1.807) is 31.2 Å². The smallest absolute Gasteiger partial charge is 0.287 e. The Balaban J connectivity index is 1.75.